The molecule has 134 valence electrons. The lowest BCUT2D eigenvalue weighted by atomic mass is 10.2. The van der Waals surface area contributed by atoms with Crippen LogP contribution in [0.15, 0.2) is 59.0 Å². The van der Waals surface area contributed by atoms with Crippen LogP contribution in [0.5, 0.6) is 5.75 Å². The van der Waals surface area contributed by atoms with Gasteiger partial charge in [-0.25, -0.2) is 4.98 Å². The molecule has 4 nitrogen and oxygen atoms in total. The topological polar surface area (TPSA) is 46.5 Å². The van der Waals surface area contributed by atoms with Gasteiger partial charge in [0.25, 0.3) is 0 Å². The van der Waals surface area contributed by atoms with Crippen molar-refractivity contribution >= 4 is 34.3 Å². The Labute approximate surface area is 155 Å². The van der Waals surface area contributed by atoms with Crippen molar-refractivity contribution in [3.8, 4) is 17.0 Å². The number of hydrazone groups is 1. The molecule has 0 unspecified atom stereocenters. The van der Waals surface area contributed by atoms with Gasteiger partial charge in [-0.1, -0.05) is 41.9 Å². The molecule has 3 aromatic rings. The summed E-state index contributed by atoms with van der Waals surface area (Å²) in [7, 11) is 0. The summed E-state index contributed by atoms with van der Waals surface area (Å²) in [6.07, 6.45) is -3.37. The average Bonchev–Trinajstić information content (AvgIpc) is 3.06. The summed E-state index contributed by atoms with van der Waals surface area (Å²) in [5, 5.41) is 6.34. The highest BCUT2D eigenvalue weighted by molar-refractivity contribution is 7.14. The summed E-state index contributed by atoms with van der Waals surface area (Å²) < 4.78 is 40.4. The Balaban J connectivity index is 1.64. The molecular weight excluding hydrogens is 387 g/mol. The molecule has 9 heteroatoms. The Bertz CT molecular complexity index is 913. The monoisotopic (exact) mass is 397 g/mol. The van der Waals surface area contributed by atoms with E-state index >= 15 is 0 Å². The molecule has 1 aromatic heterocycles. The van der Waals surface area contributed by atoms with Crippen molar-refractivity contribution in [3.63, 3.8) is 0 Å². The first-order valence-electron chi connectivity index (χ1n) is 7.26. The molecule has 0 atom stereocenters. The SMILES string of the molecule is FC(F)(F)Oc1ccc(C=NNc2nc(-c3ccccc3)cs2)cc1Cl. The van der Waals surface area contributed by atoms with E-state index in [0.717, 1.165) is 17.3 Å². The van der Waals surface area contributed by atoms with E-state index in [1.807, 2.05) is 35.7 Å². The second-order valence-corrected chi connectivity index (χ2v) is 6.28. The van der Waals surface area contributed by atoms with E-state index < -0.39 is 12.1 Å². The van der Waals surface area contributed by atoms with Crippen LogP contribution in [0.25, 0.3) is 11.3 Å². The molecule has 1 N–H and O–H groups in total. The molecule has 0 spiro atoms. The molecule has 26 heavy (non-hydrogen) atoms. The molecular formula is C17H11ClF3N3OS. The lowest BCUT2D eigenvalue weighted by molar-refractivity contribution is -0.274. The summed E-state index contributed by atoms with van der Waals surface area (Å²) in [6, 6.07) is 13.6. The van der Waals surface area contributed by atoms with Crippen LogP contribution in [0.2, 0.25) is 5.02 Å². The van der Waals surface area contributed by atoms with E-state index in [9.17, 15) is 13.2 Å². The molecule has 0 aliphatic heterocycles. The zero-order valence-corrected chi connectivity index (χ0v) is 14.6. The highest BCUT2D eigenvalue weighted by Gasteiger charge is 2.31. The molecule has 0 amide bonds. The van der Waals surface area contributed by atoms with Gasteiger partial charge >= 0.3 is 6.36 Å². The van der Waals surface area contributed by atoms with Crippen molar-refractivity contribution < 1.29 is 17.9 Å². The Morgan fingerprint density at radius 3 is 2.62 bits per heavy atom. The Morgan fingerprint density at radius 1 is 1.15 bits per heavy atom. The highest BCUT2D eigenvalue weighted by Crippen LogP contribution is 2.30. The van der Waals surface area contributed by atoms with Crippen LogP contribution in [0, 0.1) is 0 Å². The van der Waals surface area contributed by atoms with Gasteiger partial charge < -0.3 is 4.74 Å². The third-order valence-corrected chi connectivity index (χ3v) is 4.17. The van der Waals surface area contributed by atoms with E-state index in [-0.39, 0.29) is 5.02 Å². The number of halogens is 4. The number of benzene rings is 2. The van der Waals surface area contributed by atoms with Gasteiger partial charge in [-0.15, -0.1) is 24.5 Å². The van der Waals surface area contributed by atoms with Crippen molar-refractivity contribution in [2.45, 2.75) is 6.36 Å². The number of ether oxygens (including phenoxy) is 1. The molecule has 2 aromatic carbocycles. The van der Waals surface area contributed by atoms with E-state index in [1.54, 1.807) is 0 Å². The Hall–Kier alpha value is -2.58. The number of hydrogen-bond acceptors (Lipinski definition) is 5. The van der Waals surface area contributed by atoms with E-state index in [1.165, 1.54) is 29.7 Å². The van der Waals surface area contributed by atoms with Crippen LogP contribution in [0.3, 0.4) is 0 Å². The molecule has 0 aliphatic rings. The lowest BCUT2D eigenvalue weighted by Crippen LogP contribution is -2.17. The van der Waals surface area contributed by atoms with E-state index in [0.29, 0.717) is 10.7 Å². The maximum absolute atomic E-state index is 12.2. The second-order valence-electron chi connectivity index (χ2n) is 5.01. The number of nitrogens with zero attached hydrogens (tertiary/aromatic N) is 2. The normalized spacial score (nSPS) is 11.7. The standard InChI is InChI=1S/C17H11ClF3N3OS/c18-13-8-11(6-7-15(13)25-17(19,20)21)9-22-24-16-23-14(10-26-16)12-4-2-1-3-5-12/h1-10H,(H,23,24). The summed E-state index contributed by atoms with van der Waals surface area (Å²) in [5.74, 6) is -0.461. The number of thiazole rings is 1. The van der Waals surface area contributed by atoms with Crippen LogP contribution in [-0.2, 0) is 0 Å². The summed E-state index contributed by atoms with van der Waals surface area (Å²) in [6.45, 7) is 0. The van der Waals surface area contributed by atoms with Gasteiger partial charge in [0.1, 0.15) is 5.75 Å². The van der Waals surface area contributed by atoms with Gasteiger partial charge in [0.15, 0.2) is 0 Å². The smallest absolute Gasteiger partial charge is 0.404 e. The number of nitrogens with one attached hydrogen (secondary N) is 1. The minimum atomic E-state index is -4.79. The Morgan fingerprint density at radius 2 is 1.92 bits per heavy atom. The number of aromatic nitrogens is 1. The number of anilines is 1. The van der Waals surface area contributed by atoms with Crippen LogP contribution < -0.4 is 10.2 Å². The molecule has 0 aliphatic carbocycles. The van der Waals surface area contributed by atoms with E-state index in [4.69, 9.17) is 11.6 Å². The van der Waals surface area contributed by atoms with Crippen LogP contribution >= 0.6 is 22.9 Å². The summed E-state index contributed by atoms with van der Waals surface area (Å²) >= 11 is 7.17. The van der Waals surface area contributed by atoms with Gasteiger partial charge in [0.2, 0.25) is 5.13 Å². The minimum Gasteiger partial charge on any atom is -0.404 e. The van der Waals surface area contributed by atoms with Gasteiger partial charge in [0, 0.05) is 10.9 Å². The minimum absolute atomic E-state index is 0.160. The fourth-order valence-electron chi connectivity index (χ4n) is 2.03. The predicted octanol–water partition coefficient (Wildman–Crippen LogP) is 5.81. The van der Waals surface area contributed by atoms with Crippen LogP contribution in [0.4, 0.5) is 18.3 Å². The van der Waals surface area contributed by atoms with Gasteiger partial charge in [-0.05, 0) is 23.8 Å². The summed E-state index contributed by atoms with van der Waals surface area (Å²) in [4.78, 5) is 4.41. The van der Waals surface area contributed by atoms with Crippen molar-refractivity contribution in [2.24, 2.45) is 5.10 Å². The first kappa shape index (κ1) is 18.2. The number of rotatable bonds is 5. The van der Waals surface area contributed by atoms with Crippen molar-refractivity contribution in [1.29, 1.82) is 0 Å². The third kappa shape index (κ3) is 4.96. The van der Waals surface area contributed by atoms with E-state index in [2.05, 4.69) is 20.2 Å². The number of alkyl halides is 3. The highest BCUT2D eigenvalue weighted by atomic mass is 35.5. The largest absolute Gasteiger partial charge is 0.573 e. The Kier molecular flexibility index (Phi) is 5.43. The lowest BCUT2D eigenvalue weighted by Gasteiger charge is -2.10. The first-order chi connectivity index (χ1) is 12.4. The van der Waals surface area contributed by atoms with Crippen molar-refractivity contribution in [2.75, 3.05) is 5.43 Å². The maximum atomic E-state index is 12.2. The molecule has 3 rings (SSSR count). The molecule has 0 saturated carbocycles. The van der Waals surface area contributed by atoms with Crippen LogP contribution in [0.1, 0.15) is 5.56 Å². The first-order valence-corrected chi connectivity index (χ1v) is 8.52. The van der Waals surface area contributed by atoms with Crippen molar-refractivity contribution in [3.05, 3.63) is 64.5 Å². The molecule has 1 heterocycles. The molecule has 0 fully saturated rings. The fraction of sp³-hybridized carbons (Fsp3) is 0.0588. The maximum Gasteiger partial charge on any atom is 0.573 e. The number of hydrogen-bond donors (Lipinski definition) is 1. The molecule has 0 radical (unpaired) electrons. The summed E-state index contributed by atoms with van der Waals surface area (Å²) in [5.41, 5.74) is 5.11. The second kappa shape index (κ2) is 7.76. The fourth-order valence-corrected chi connectivity index (χ4v) is 2.93. The molecule has 0 saturated heterocycles. The zero-order chi connectivity index (χ0) is 18.6. The predicted molar refractivity (Wildman–Crippen MR) is 96.9 cm³/mol. The third-order valence-electron chi connectivity index (χ3n) is 3.13. The van der Waals surface area contributed by atoms with Gasteiger partial charge in [-0.2, -0.15) is 5.10 Å². The van der Waals surface area contributed by atoms with Crippen molar-refractivity contribution in [1.82, 2.24) is 4.98 Å². The van der Waals surface area contributed by atoms with Crippen LogP contribution in [-0.4, -0.2) is 17.6 Å². The molecule has 0 bridgehead atoms. The van der Waals surface area contributed by atoms with Gasteiger partial charge in [-0.3, -0.25) is 5.43 Å². The average molecular weight is 398 g/mol. The zero-order valence-electron chi connectivity index (χ0n) is 13.0. The quantitative estimate of drug-likeness (QED) is 0.436. The van der Waals surface area contributed by atoms with Gasteiger partial charge in [0.05, 0.1) is 16.9 Å².